The van der Waals surface area contributed by atoms with Crippen LogP contribution in [0.25, 0.3) is 11.3 Å². The minimum absolute atomic E-state index is 0.454. The van der Waals surface area contributed by atoms with Crippen LogP contribution in [-0.2, 0) is 0 Å². The van der Waals surface area contributed by atoms with Gasteiger partial charge in [-0.25, -0.2) is 4.98 Å². The molecule has 3 aromatic rings. The predicted molar refractivity (Wildman–Crippen MR) is 110 cm³/mol. The molecule has 1 fully saturated rings. The van der Waals surface area contributed by atoms with Crippen molar-refractivity contribution in [1.82, 2.24) is 9.97 Å². The number of benzene rings is 2. The van der Waals surface area contributed by atoms with Crippen molar-refractivity contribution in [1.29, 1.82) is 0 Å². The maximum atomic E-state index is 5.45. The molecule has 2 aromatic carbocycles. The van der Waals surface area contributed by atoms with Crippen molar-refractivity contribution in [2.75, 3.05) is 17.7 Å². The average molecular weight is 360 g/mol. The summed E-state index contributed by atoms with van der Waals surface area (Å²) in [6.07, 6.45) is 4.88. The molecular formula is C22H24N4O. The van der Waals surface area contributed by atoms with Crippen molar-refractivity contribution in [3.8, 4) is 17.0 Å². The van der Waals surface area contributed by atoms with Crippen LogP contribution in [0.1, 0.15) is 25.7 Å². The van der Waals surface area contributed by atoms with E-state index in [1.165, 1.54) is 25.7 Å². The summed E-state index contributed by atoms with van der Waals surface area (Å²) in [6.45, 7) is 0. The number of methoxy groups -OCH3 is 1. The molecule has 1 aliphatic rings. The number of ether oxygens (including phenoxy) is 1. The van der Waals surface area contributed by atoms with Gasteiger partial charge in [0.1, 0.15) is 11.6 Å². The quantitative estimate of drug-likeness (QED) is 0.629. The first-order chi connectivity index (χ1) is 13.3. The van der Waals surface area contributed by atoms with Crippen molar-refractivity contribution in [2.45, 2.75) is 31.7 Å². The Morgan fingerprint density at radius 2 is 1.67 bits per heavy atom. The SMILES string of the molecule is COc1ccccc1Nc1cc(-c2ccccc2)nc(NC2CCCC2)n1. The smallest absolute Gasteiger partial charge is 0.225 e. The molecule has 5 nitrogen and oxygen atoms in total. The number of nitrogens with zero attached hydrogens (tertiary/aromatic N) is 2. The molecule has 0 saturated heterocycles. The number of rotatable bonds is 6. The Kier molecular flexibility index (Phi) is 5.19. The fourth-order valence-corrected chi connectivity index (χ4v) is 3.47. The lowest BCUT2D eigenvalue weighted by atomic mass is 10.1. The fourth-order valence-electron chi connectivity index (χ4n) is 3.47. The van der Waals surface area contributed by atoms with Crippen molar-refractivity contribution in [2.24, 2.45) is 0 Å². The molecule has 2 N–H and O–H groups in total. The van der Waals surface area contributed by atoms with Gasteiger partial charge in [-0.2, -0.15) is 4.98 Å². The topological polar surface area (TPSA) is 59.1 Å². The molecule has 5 heteroatoms. The van der Waals surface area contributed by atoms with Crippen molar-refractivity contribution in [3.63, 3.8) is 0 Å². The maximum absolute atomic E-state index is 5.45. The van der Waals surface area contributed by atoms with Gasteiger partial charge in [-0.15, -0.1) is 0 Å². The van der Waals surface area contributed by atoms with Crippen molar-refractivity contribution < 1.29 is 4.74 Å². The van der Waals surface area contributed by atoms with Crippen LogP contribution in [-0.4, -0.2) is 23.1 Å². The first kappa shape index (κ1) is 17.3. The molecule has 1 aromatic heterocycles. The van der Waals surface area contributed by atoms with Gasteiger partial charge in [0, 0.05) is 17.7 Å². The van der Waals surface area contributed by atoms with Crippen LogP contribution in [0.4, 0.5) is 17.5 Å². The van der Waals surface area contributed by atoms with Crippen molar-refractivity contribution in [3.05, 3.63) is 60.7 Å². The van der Waals surface area contributed by atoms with E-state index in [1.54, 1.807) is 7.11 Å². The van der Waals surface area contributed by atoms with Crippen LogP contribution >= 0.6 is 0 Å². The van der Waals surface area contributed by atoms with Gasteiger partial charge in [-0.3, -0.25) is 0 Å². The van der Waals surface area contributed by atoms with Gasteiger partial charge in [0.15, 0.2) is 0 Å². The molecule has 1 aliphatic carbocycles. The highest BCUT2D eigenvalue weighted by molar-refractivity contribution is 5.69. The summed E-state index contributed by atoms with van der Waals surface area (Å²) >= 11 is 0. The molecule has 0 radical (unpaired) electrons. The molecule has 138 valence electrons. The van der Waals surface area contributed by atoms with E-state index in [0.29, 0.717) is 12.0 Å². The van der Waals surface area contributed by atoms with Gasteiger partial charge in [-0.05, 0) is 25.0 Å². The van der Waals surface area contributed by atoms with E-state index in [9.17, 15) is 0 Å². The van der Waals surface area contributed by atoms with Gasteiger partial charge in [0.25, 0.3) is 0 Å². The maximum Gasteiger partial charge on any atom is 0.225 e. The Bertz CT molecular complexity index is 892. The zero-order chi connectivity index (χ0) is 18.5. The fraction of sp³-hybridized carbons (Fsp3) is 0.273. The third-order valence-electron chi connectivity index (χ3n) is 4.85. The second-order valence-electron chi connectivity index (χ2n) is 6.78. The van der Waals surface area contributed by atoms with E-state index in [2.05, 4.69) is 22.8 Å². The average Bonchev–Trinajstić information content (AvgIpc) is 3.22. The summed E-state index contributed by atoms with van der Waals surface area (Å²) < 4.78 is 5.45. The highest BCUT2D eigenvalue weighted by Crippen LogP contribution is 2.29. The Labute approximate surface area is 159 Å². The lowest BCUT2D eigenvalue weighted by molar-refractivity contribution is 0.417. The molecule has 4 rings (SSSR count). The first-order valence-electron chi connectivity index (χ1n) is 9.43. The van der Waals surface area contributed by atoms with Gasteiger partial charge in [-0.1, -0.05) is 55.3 Å². The van der Waals surface area contributed by atoms with E-state index >= 15 is 0 Å². The standard InChI is InChI=1S/C22H24N4O/c1-27-20-14-8-7-13-18(20)24-21-15-19(16-9-3-2-4-10-16)25-22(26-21)23-17-11-5-6-12-17/h2-4,7-10,13-15,17H,5-6,11-12H2,1H3,(H2,23,24,25,26). The van der Waals surface area contributed by atoms with Gasteiger partial charge in [0.2, 0.25) is 5.95 Å². The normalized spacial score (nSPS) is 14.1. The Morgan fingerprint density at radius 1 is 0.926 bits per heavy atom. The zero-order valence-corrected chi connectivity index (χ0v) is 15.5. The number of para-hydroxylation sites is 2. The predicted octanol–water partition coefficient (Wildman–Crippen LogP) is 5.25. The molecular weight excluding hydrogens is 336 g/mol. The number of aromatic nitrogens is 2. The number of anilines is 3. The van der Waals surface area contributed by atoms with E-state index in [1.807, 2.05) is 48.5 Å². The second kappa shape index (κ2) is 8.08. The number of hydrogen-bond acceptors (Lipinski definition) is 5. The highest BCUT2D eigenvalue weighted by atomic mass is 16.5. The van der Waals surface area contributed by atoms with Crippen LogP contribution in [0.15, 0.2) is 60.7 Å². The summed E-state index contributed by atoms with van der Waals surface area (Å²) in [5.41, 5.74) is 2.84. The molecule has 1 saturated carbocycles. The Morgan fingerprint density at radius 3 is 2.44 bits per heavy atom. The van der Waals surface area contributed by atoms with Crippen molar-refractivity contribution >= 4 is 17.5 Å². The van der Waals surface area contributed by atoms with Gasteiger partial charge in [0.05, 0.1) is 18.5 Å². The number of hydrogen-bond donors (Lipinski definition) is 2. The lowest BCUT2D eigenvalue weighted by Gasteiger charge is -2.16. The molecule has 0 spiro atoms. The summed E-state index contributed by atoms with van der Waals surface area (Å²) in [5, 5.41) is 6.90. The molecule has 1 heterocycles. The zero-order valence-electron chi connectivity index (χ0n) is 15.5. The van der Waals surface area contributed by atoms with E-state index < -0.39 is 0 Å². The largest absolute Gasteiger partial charge is 0.495 e. The van der Waals surface area contributed by atoms with Crippen LogP contribution in [0, 0.1) is 0 Å². The van der Waals surface area contributed by atoms with E-state index in [-0.39, 0.29) is 0 Å². The van der Waals surface area contributed by atoms with Gasteiger partial charge >= 0.3 is 0 Å². The summed E-state index contributed by atoms with van der Waals surface area (Å²) in [5.74, 6) is 2.19. The molecule has 0 amide bonds. The van der Waals surface area contributed by atoms with Gasteiger partial charge < -0.3 is 15.4 Å². The second-order valence-corrected chi connectivity index (χ2v) is 6.78. The van der Waals surface area contributed by atoms with Crippen LogP contribution in [0.3, 0.4) is 0 Å². The Balaban J connectivity index is 1.68. The minimum atomic E-state index is 0.454. The highest BCUT2D eigenvalue weighted by Gasteiger charge is 2.17. The Hall–Kier alpha value is -3.08. The summed E-state index contributed by atoms with van der Waals surface area (Å²) in [6, 6.07) is 20.4. The van der Waals surface area contributed by atoms with E-state index in [4.69, 9.17) is 14.7 Å². The van der Waals surface area contributed by atoms with Crippen LogP contribution in [0.2, 0.25) is 0 Å². The third-order valence-corrected chi connectivity index (χ3v) is 4.85. The summed E-state index contributed by atoms with van der Waals surface area (Å²) in [7, 11) is 1.67. The lowest BCUT2D eigenvalue weighted by Crippen LogP contribution is -2.17. The molecule has 0 atom stereocenters. The molecule has 0 unspecified atom stereocenters. The minimum Gasteiger partial charge on any atom is -0.495 e. The molecule has 0 aliphatic heterocycles. The van der Waals surface area contributed by atoms with Crippen LogP contribution < -0.4 is 15.4 Å². The van der Waals surface area contributed by atoms with Crippen LogP contribution in [0.5, 0.6) is 5.75 Å². The molecule has 0 bridgehead atoms. The van der Waals surface area contributed by atoms with E-state index in [0.717, 1.165) is 28.5 Å². The molecule has 27 heavy (non-hydrogen) atoms. The third kappa shape index (κ3) is 4.19. The first-order valence-corrected chi connectivity index (χ1v) is 9.43. The number of nitrogens with one attached hydrogen (secondary N) is 2. The summed E-state index contributed by atoms with van der Waals surface area (Å²) in [4.78, 5) is 9.46. The monoisotopic (exact) mass is 360 g/mol.